The maximum Gasteiger partial charge on any atom is 0.330 e. The highest BCUT2D eigenvalue weighted by atomic mass is 17.4. The molecule has 1 fully saturated rings. The summed E-state index contributed by atoms with van der Waals surface area (Å²) in [5.41, 5.74) is 0. The lowest BCUT2D eigenvalue weighted by Gasteiger charge is -1.84. The zero-order valence-electron chi connectivity index (χ0n) is 3.79. The van der Waals surface area contributed by atoms with Crippen LogP contribution in [0.3, 0.4) is 0 Å². The Hall–Kier alpha value is -0.380. The summed E-state index contributed by atoms with van der Waals surface area (Å²) in [7, 11) is 0. The molecule has 0 atom stereocenters. The summed E-state index contributed by atoms with van der Waals surface area (Å²) in [6.45, 7) is 3.48. The molecule has 0 bridgehead atoms. The fourth-order valence-corrected chi connectivity index (χ4v) is 0.225. The Balaban J connectivity index is 1.88. The highest BCUT2D eigenvalue weighted by Crippen LogP contribution is 2.11. The average molecular weight is 102 g/mol. The van der Waals surface area contributed by atoms with Gasteiger partial charge in [0, 0.05) is 0 Å². The Kier molecular flexibility index (Phi) is 1.41. The van der Waals surface area contributed by atoms with Gasteiger partial charge in [-0.3, -0.25) is 0 Å². The lowest BCUT2D eigenvalue weighted by Crippen LogP contribution is -1.92. The largest absolute Gasteiger partial charge is 0.330 e. The molecule has 1 heterocycles. The number of hydrogen-bond donors (Lipinski definition) is 0. The van der Waals surface area contributed by atoms with Crippen molar-refractivity contribution in [2.75, 3.05) is 6.61 Å². The zero-order valence-corrected chi connectivity index (χ0v) is 3.79. The van der Waals surface area contributed by atoms with Gasteiger partial charge in [0.15, 0.2) is 0 Å². The van der Waals surface area contributed by atoms with Gasteiger partial charge in [-0.1, -0.05) is 6.08 Å². The van der Waals surface area contributed by atoms with Gasteiger partial charge in [0.2, 0.25) is 0 Å². The van der Waals surface area contributed by atoms with Crippen LogP contribution in [0.25, 0.3) is 0 Å². The second-order valence-electron chi connectivity index (χ2n) is 1.10. The van der Waals surface area contributed by atoms with Crippen LogP contribution in [-0.2, 0) is 14.5 Å². The van der Waals surface area contributed by atoms with E-state index < -0.39 is 6.48 Å². The molecule has 40 valence electrons. The second kappa shape index (κ2) is 2.07. The van der Waals surface area contributed by atoms with Crippen molar-refractivity contribution in [1.29, 1.82) is 0 Å². The summed E-state index contributed by atoms with van der Waals surface area (Å²) in [4.78, 5) is 8.48. The third-order valence-corrected chi connectivity index (χ3v) is 0.525. The van der Waals surface area contributed by atoms with Crippen molar-refractivity contribution in [2.24, 2.45) is 0 Å². The fraction of sp³-hybridized carbons (Fsp3) is 0.500. The molecule has 3 nitrogen and oxygen atoms in total. The van der Waals surface area contributed by atoms with Gasteiger partial charge in [-0.25, -0.2) is 0 Å². The van der Waals surface area contributed by atoms with Crippen LogP contribution in [0.15, 0.2) is 12.7 Å². The van der Waals surface area contributed by atoms with E-state index in [2.05, 4.69) is 16.4 Å². The molecular formula is C4H6O3. The van der Waals surface area contributed by atoms with E-state index >= 15 is 0 Å². The highest BCUT2D eigenvalue weighted by molar-refractivity contribution is 4.63. The molecule has 1 aliphatic heterocycles. The zero-order chi connectivity index (χ0) is 5.11. The molecule has 0 N–H and O–H groups in total. The predicted molar refractivity (Wildman–Crippen MR) is 22.1 cm³/mol. The quantitative estimate of drug-likeness (QED) is 0.294. The van der Waals surface area contributed by atoms with Crippen LogP contribution in [0.1, 0.15) is 0 Å². The Morgan fingerprint density at radius 3 is 2.86 bits per heavy atom. The van der Waals surface area contributed by atoms with Gasteiger partial charge in [0.1, 0.15) is 0 Å². The average Bonchev–Trinajstić information content (AvgIpc) is 2.42. The third-order valence-electron chi connectivity index (χ3n) is 0.525. The molecule has 0 spiro atoms. The van der Waals surface area contributed by atoms with Crippen molar-refractivity contribution in [3.63, 3.8) is 0 Å². The lowest BCUT2D eigenvalue weighted by atomic mass is 10.7. The molecule has 0 aromatic heterocycles. The smallest absolute Gasteiger partial charge is 0.322 e. The van der Waals surface area contributed by atoms with E-state index in [0.717, 1.165) is 0 Å². The fourth-order valence-electron chi connectivity index (χ4n) is 0.225. The Labute approximate surface area is 41.4 Å². The van der Waals surface area contributed by atoms with Crippen LogP contribution in [0, 0.1) is 0 Å². The first-order valence-electron chi connectivity index (χ1n) is 1.98. The van der Waals surface area contributed by atoms with Crippen molar-refractivity contribution < 1.29 is 14.5 Å². The van der Waals surface area contributed by atoms with E-state index in [9.17, 15) is 0 Å². The monoisotopic (exact) mass is 102 g/mol. The van der Waals surface area contributed by atoms with Gasteiger partial charge in [0.05, 0.1) is 6.61 Å². The summed E-state index contributed by atoms with van der Waals surface area (Å²) >= 11 is 0. The van der Waals surface area contributed by atoms with Crippen molar-refractivity contribution in [2.45, 2.75) is 6.48 Å². The number of ether oxygens (including phenoxy) is 1. The Morgan fingerprint density at radius 2 is 2.43 bits per heavy atom. The minimum Gasteiger partial charge on any atom is -0.322 e. The molecule has 0 aliphatic carbocycles. The van der Waals surface area contributed by atoms with Gasteiger partial charge < -0.3 is 4.74 Å². The normalized spacial score (nSPS) is 19.4. The standard InChI is InChI=1S/C4H6O3/c1-2-3-5-4-6-7-4/h2,4H,1,3H2. The van der Waals surface area contributed by atoms with Crippen LogP contribution in [0.4, 0.5) is 0 Å². The summed E-state index contributed by atoms with van der Waals surface area (Å²) in [5.74, 6) is 0. The van der Waals surface area contributed by atoms with Gasteiger partial charge in [-0.05, 0) is 0 Å². The van der Waals surface area contributed by atoms with Crippen molar-refractivity contribution in [1.82, 2.24) is 0 Å². The van der Waals surface area contributed by atoms with Crippen molar-refractivity contribution in [3.05, 3.63) is 12.7 Å². The summed E-state index contributed by atoms with van der Waals surface area (Å²) < 4.78 is 4.74. The van der Waals surface area contributed by atoms with Crippen LogP contribution in [0.2, 0.25) is 0 Å². The molecule has 3 heteroatoms. The van der Waals surface area contributed by atoms with E-state index in [4.69, 9.17) is 4.74 Å². The molecule has 1 saturated heterocycles. The molecular weight excluding hydrogens is 96.0 g/mol. The Morgan fingerprint density at radius 1 is 1.71 bits per heavy atom. The van der Waals surface area contributed by atoms with Crippen LogP contribution in [0.5, 0.6) is 0 Å². The predicted octanol–water partition coefficient (Wildman–Crippen LogP) is 0.434. The van der Waals surface area contributed by atoms with Gasteiger partial charge in [-0.15, -0.1) is 6.58 Å². The molecule has 0 saturated carbocycles. The molecule has 7 heavy (non-hydrogen) atoms. The van der Waals surface area contributed by atoms with Crippen molar-refractivity contribution in [3.8, 4) is 0 Å². The lowest BCUT2D eigenvalue weighted by molar-refractivity contribution is 0.0682. The number of hydrogen-bond acceptors (Lipinski definition) is 3. The van der Waals surface area contributed by atoms with Crippen LogP contribution < -0.4 is 0 Å². The molecule has 1 rings (SSSR count). The van der Waals surface area contributed by atoms with E-state index in [1.54, 1.807) is 6.08 Å². The van der Waals surface area contributed by atoms with Crippen molar-refractivity contribution >= 4 is 0 Å². The van der Waals surface area contributed by atoms with E-state index in [1.165, 1.54) is 0 Å². The van der Waals surface area contributed by atoms with Gasteiger partial charge in [0.25, 0.3) is 0 Å². The maximum atomic E-state index is 4.74. The summed E-state index contributed by atoms with van der Waals surface area (Å²) in [5, 5.41) is 0. The van der Waals surface area contributed by atoms with Crippen LogP contribution in [-0.4, -0.2) is 13.1 Å². The molecule has 0 amide bonds. The summed E-state index contributed by atoms with van der Waals surface area (Å²) in [6.07, 6.45) is 1.63. The molecule has 0 unspecified atom stereocenters. The number of rotatable bonds is 3. The van der Waals surface area contributed by atoms with Gasteiger partial charge in [-0.2, -0.15) is 9.78 Å². The molecule has 0 aromatic rings. The van der Waals surface area contributed by atoms with E-state index in [1.807, 2.05) is 0 Å². The first-order valence-corrected chi connectivity index (χ1v) is 1.98. The van der Waals surface area contributed by atoms with E-state index in [0.29, 0.717) is 6.61 Å². The van der Waals surface area contributed by atoms with Gasteiger partial charge >= 0.3 is 6.48 Å². The third kappa shape index (κ3) is 1.68. The minimum atomic E-state index is -0.419. The molecule has 1 aliphatic rings. The summed E-state index contributed by atoms with van der Waals surface area (Å²) in [6, 6.07) is 0. The SMILES string of the molecule is C=CCOC1OO1. The first-order chi connectivity index (χ1) is 3.43. The Bertz CT molecular complexity index is 67.3. The topological polar surface area (TPSA) is 34.3 Å². The van der Waals surface area contributed by atoms with E-state index in [-0.39, 0.29) is 0 Å². The molecule has 0 aromatic carbocycles. The molecule has 0 radical (unpaired) electrons. The minimum absolute atomic E-state index is 0.419. The highest BCUT2D eigenvalue weighted by Gasteiger charge is 2.25. The second-order valence-corrected chi connectivity index (χ2v) is 1.10. The maximum absolute atomic E-state index is 4.74. The van der Waals surface area contributed by atoms with Crippen LogP contribution >= 0.6 is 0 Å². The first kappa shape index (κ1) is 4.77.